The fourth-order valence-electron chi connectivity index (χ4n) is 3.80. The van der Waals surface area contributed by atoms with E-state index in [9.17, 15) is 0 Å². The molecule has 5 rings (SSSR count). The van der Waals surface area contributed by atoms with Crippen molar-refractivity contribution in [2.24, 2.45) is 0 Å². The van der Waals surface area contributed by atoms with E-state index in [0.29, 0.717) is 19.1 Å². The number of hydrogen-bond acceptors (Lipinski definition) is 4. The second-order valence-corrected chi connectivity index (χ2v) is 7.10. The second kappa shape index (κ2) is 6.31. The number of nitrogens with zero attached hydrogens (tertiary/aromatic N) is 2. The topological polar surface area (TPSA) is 50.4 Å². The maximum Gasteiger partial charge on any atom is 0.175 e. The first kappa shape index (κ1) is 15.8. The number of aromatic nitrogens is 2. The van der Waals surface area contributed by atoms with E-state index in [-0.39, 0.29) is 0 Å². The Morgan fingerprint density at radius 1 is 1.21 bits per heavy atom. The van der Waals surface area contributed by atoms with Gasteiger partial charge in [0.2, 0.25) is 0 Å². The van der Waals surface area contributed by atoms with Crippen LogP contribution in [0.4, 0.5) is 5.69 Å². The molecule has 1 aromatic carbocycles. The highest BCUT2D eigenvalue weighted by Gasteiger charge is 2.35. The van der Waals surface area contributed by atoms with E-state index in [0.717, 1.165) is 40.3 Å². The number of halogens is 1. The highest BCUT2D eigenvalue weighted by molar-refractivity contribution is 9.10. The lowest BCUT2D eigenvalue weighted by molar-refractivity contribution is 0.286. The summed E-state index contributed by atoms with van der Waals surface area (Å²) in [7, 11) is 0. The molecule has 0 radical (unpaired) electrons. The summed E-state index contributed by atoms with van der Waals surface area (Å²) in [5.41, 5.74) is 4.64. The van der Waals surface area contributed by atoms with Gasteiger partial charge in [0.05, 0.1) is 29.1 Å². The van der Waals surface area contributed by atoms with Crippen LogP contribution in [-0.4, -0.2) is 36.5 Å². The maximum atomic E-state index is 5.81. The number of benzene rings is 1. The molecule has 0 atom stereocenters. The lowest BCUT2D eigenvalue weighted by Gasteiger charge is -2.40. The van der Waals surface area contributed by atoms with E-state index in [1.54, 1.807) is 0 Å². The molecule has 2 aromatic rings. The molecule has 128 valence electrons. The van der Waals surface area contributed by atoms with E-state index < -0.39 is 0 Å². The number of anilines is 1. The van der Waals surface area contributed by atoms with E-state index in [1.807, 2.05) is 19.9 Å². The summed E-state index contributed by atoms with van der Waals surface area (Å²) >= 11 is 3.64. The van der Waals surface area contributed by atoms with Crippen LogP contribution in [0.25, 0.3) is 11.3 Å². The van der Waals surface area contributed by atoms with Crippen molar-refractivity contribution in [1.29, 1.82) is 0 Å². The van der Waals surface area contributed by atoms with Crippen molar-refractivity contribution in [2.75, 3.05) is 31.2 Å². The summed E-state index contributed by atoms with van der Waals surface area (Å²) in [5.74, 6) is 2.15. The van der Waals surface area contributed by atoms with Crippen LogP contribution in [-0.2, 0) is 0 Å². The zero-order valence-electron chi connectivity index (χ0n) is 14.1. The number of rotatable bonds is 5. The first-order valence-corrected chi connectivity index (χ1v) is 9.44. The molecule has 1 N–H and O–H groups in total. The zero-order valence-corrected chi connectivity index (χ0v) is 15.6. The molecule has 6 heteroatoms. The Hall–Kier alpha value is -1.69. The molecule has 1 aromatic heterocycles. The quantitative estimate of drug-likeness (QED) is 0.823. The van der Waals surface area contributed by atoms with Crippen molar-refractivity contribution < 1.29 is 9.47 Å². The minimum atomic E-state index is 0.600. The molecule has 5 nitrogen and oxygen atoms in total. The Bertz CT molecular complexity index is 751. The third-order valence-corrected chi connectivity index (χ3v) is 5.45. The van der Waals surface area contributed by atoms with Gasteiger partial charge in [0.1, 0.15) is 5.69 Å². The summed E-state index contributed by atoms with van der Waals surface area (Å²) in [6.07, 6.45) is 2.46. The lowest BCUT2D eigenvalue weighted by atomic mass is 9.86. The zero-order chi connectivity index (χ0) is 16.7. The smallest absolute Gasteiger partial charge is 0.175 e. The van der Waals surface area contributed by atoms with Crippen LogP contribution in [0.1, 0.15) is 38.3 Å². The first-order valence-electron chi connectivity index (χ1n) is 8.65. The molecule has 0 amide bonds. The number of ether oxygens (including phenoxy) is 2. The van der Waals surface area contributed by atoms with Crippen LogP contribution in [0, 0.1) is 0 Å². The Labute approximate surface area is 150 Å². The third-order valence-electron chi connectivity index (χ3n) is 4.86. The number of fused-ring (bicyclic) bond motifs is 2. The van der Waals surface area contributed by atoms with Gasteiger partial charge >= 0.3 is 0 Å². The molecule has 3 aliphatic rings. The van der Waals surface area contributed by atoms with Crippen LogP contribution in [0.15, 0.2) is 16.6 Å². The van der Waals surface area contributed by atoms with Crippen molar-refractivity contribution >= 4 is 21.6 Å². The predicted molar refractivity (Wildman–Crippen MR) is 98.2 cm³/mol. The van der Waals surface area contributed by atoms with Gasteiger partial charge in [-0.25, -0.2) is 0 Å². The van der Waals surface area contributed by atoms with Gasteiger partial charge in [-0.2, -0.15) is 5.10 Å². The van der Waals surface area contributed by atoms with Gasteiger partial charge in [-0.1, -0.05) is 0 Å². The van der Waals surface area contributed by atoms with Gasteiger partial charge in [-0.3, -0.25) is 5.10 Å². The monoisotopic (exact) mass is 391 g/mol. The molecule has 3 aliphatic heterocycles. The van der Waals surface area contributed by atoms with E-state index in [4.69, 9.17) is 9.47 Å². The van der Waals surface area contributed by atoms with Crippen LogP contribution >= 0.6 is 15.9 Å². The largest absolute Gasteiger partial charge is 0.490 e. The Balaban J connectivity index is 1.81. The van der Waals surface area contributed by atoms with E-state index >= 15 is 0 Å². The Morgan fingerprint density at radius 3 is 2.67 bits per heavy atom. The summed E-state index contributed by atoms with van der Waals surface area (Å²) in [6.45, 7) is 7.41. The van der Waals surface area contributed by atoms with Gasteiger partial charge in [0.15, 0.2) is 11.5 Å². The summed E-state index contributed by atoms with van der Waals surface area (Å²) in [6, 6.07) is 4.12. The van der Waals surface area contributed by atoms with Gasteiger partial charge in [-0.15, -0.1) is 0 Å². The number of hydrogen-bond donors (Lipinski definition) is 1. The fraction of sp³-hybridized carbons (Fsp3) is 0.500. The van der Waals surface area contributed by atoms with Crippen LogP contribution in [0.2, 0.25) is 0 Å². The SMILES string of the molecule is CCOc1cc(-c2n[nH]c3c2N2CCC3CC2)cc(Br)c1OCC. The molecule has 4 heterocycles. The highest BCUT2D eigenvalue weighted by atomic mass is 79.9. The molecular weight excluding hydrogens is 370 g/mol. The average molecular weight is 392 g/mol. The summed E-state index contributed by atoms with van der Waals surface area (Å²) in [5, 5.41) is 7.93. The van der Waals surface area contributed by atoms with Gasteiger partial charge in [0.25, 0.3) is 0 Å². The average Bonchev–Trinajstić information content (AvgIpc) is 3.06. The standard InChI is InChI=1S/C18H22BrN3O2/c1-3-23-14-10-12(9-13(19)18(14)24-4-2)16-17-15(20-21-16)11-5-7-22(17)8-6-11/h9-11H,3-8H2,1-2H3,(H,20,21). The van der Waals surface area contributed by atoms with Crippen molar-refractivity contribution in [1.82, 2.24) is 10.2 Å². The number of aromatic amines is 1. The van der Waals surface area contributed by atoms with Crippen molar-refractivity contribution in [3.8, 4) is 22.8 Å². The number of nitrogens with one attached hydrogen (secondary N) is 1. The third kappa shape index (κ3) is 2.48. The van der Waals surface area contributed by atoms with Gasteiger partial charge in [-0.05, 0) is 54.8 Å². The molecule has 0 unspecified atom stereocenters. The maximum absolute atomic E-state index is 5.81. The minimum Gasteiger partial charge on any atom is -0.490 e. The lowest BCUT2D eigenvalue weighted by Crippen LogP contribution is -2.38. The van der Waals surface area contributed by atoms with E-state index in [2.05, 4.69) is 37.1 Å². The first-order chi connectivity index (χ1) is 11.7. The minimum absolute atomic E-state index is 0.600. The van der Waals surface area contributed by atoms with Crippen molar-refractivity contribution in [3.63, 3.8) is 0 Å². The van der Waals surface area contributed by atoms with Gasteiger partial charge in [0, 0.05) is 24.6 Å². The molecule has 0 aliphatic carbocycles. The molecule has 1 fully saturated rings. The molecule has 1 saturated heterocycles. The molecule has 24 heavy (non-hydrogen) atoms. The molecule has 0 saturated carbocycles. The second-order valence-electron chi connectivity index (χ2n) is 6.25. The normalized spacial score (nSPS) is 16.4. The predicted octanol–water partition coefficient (Wildman–Crippen LogP) is 4.33. The summed E-state index contributed by atoms with van der Waals surface area (Å²) in [4.78, 5) is 2.46. The van der Waals surface area contributed by atoms with Crippen molar-refractivity contribution in [3.05, 3.63) is 22.3 Å². The van der Waals surface area contributed by atoms with Crippen LogP contribution in [0.5, 0.6) is 11.5 Å². The Kier molecular flexibility index (Phi) is 4.16. The van der Waals surface area contributed by atoms with Crippen molar-refractivity contribution in [2.45, 2.75) is 32.6 Å². The molecule has 0 spiro atoms. The van der Waals surface area contributed by atoms with Gasteiger partial charge < -0.3 is 14.4 Å². The molecule has 2 bridgehead atoms. The fourth-order valence-corrected chi connectivity index (χ4v) is 4.36. The number of H-pyrrole nitrogens is 1. The van der Waals surface area contributed by atoms with Crippen LogP contribution < -0.4 is 14.4 Å². The van der Waals surface area contributed by atoms with E-state index in [1.165, 1.54) is 24.2 Å². The number of piperidine rings is 1. The Morgan fingerprint density at radius 2 is 1.96 bits per heavy atom. The molecular formula is C18H22BrN3O2. The summed E-state index contributed by atoms with van der Waals surface area (Å²) < 4.78 is 12.5. The van der Waals surface area contributed by atoms with Crippen LogP contribution in [0.3, 0.4) is 0 Å². The highest BCUT2D eigenvalue weighted by Crippen LogP contribution is 2.47.